The molecule has 0 atom stereocenters. The molecule has 6 heteroatoms. The number of benzene rings is 1. The van der Waals surface area contributed by atoms with E-state index in [2.05, 4.69) is 45.9 Å². The average Bonchev–Trinajstić information content (AvgIpc) is 2.51. The van der Waals surface area contributed by atoms with Crippen LogP contribution in [0.5, 0.6) is 0 Å². The zero-order valence-corrected chi connectivity index (χ0v) is 15.0. The molecule has 5 nitrogen and oxygen atoms in total. The summed E-state index contributed by atoms with van der Waals surface area (Å²) in [5.41, 5.74) is 4.63. The standard InChI is InChI=1S/C17H21NO4Si/c1-21-16(19)12-15(17(20)22-2)18-14-9-7-6-8-13(14)10-11-23(3,4)5/h6-9,12,18H,1-5H3/b15-12-. The monoisotopic (exact) mass is 331 g/mol. The number of hydrogen-bond donors (Lipinski definition) is 1. The summed E-state index contributed by atoms with van der Waals surface area (Å²) >= 11 is 0. The molecule has 0 aliphatic carbocycles. The van der Waals surface area contributed by atoms with Crippen LogP contribution in [0, 0.1) is 11.5 Å². The highest BCUT2D eigenvalue weighted by atomic mass is 28.3. The maximum atomic E-state index is 11.8. The Morgan fingerprint density at radius 2 is 1.78 bits per heavy atom. The molecule has 0 aromatic heterocycles. The van der Waals surface area contributed by atoms with Crippen molar-refractivity contribution >= 4 is 25.7 Å². The molecule has 1 rings (SSSR count). The van der Waals surface area contributed by atoms with Gasteiger partial charge in [-0.05, 0) is 12.1 Å². The number of ether oxygens (including phenoxy) is 2. The summed E-state index contributed by atoms with van der Waals surface area (Å²) in [7, 11) is 0.947. The van der Waals surface area contributed by atoms with Gasteiger partial charge < -0.3 is 14.8 Å². The van der Waals surface area contributed by atoms with E-state index in [4.69, 9.17) is 0 Å². The predicted molar refractivity (Wildman–Crippen MR) is 92.4 cm³/mol. The van der Waals surface area contributed by atoms with Crippen molar-refractivity contribution in [1.29, 1.82) is 0 Å². The summed E-state index contributed by atoms with van der Waals surface area (Å²) in [6, 6.07) is 7.31. The number of methoxy groups -OCH3 is 2. The van der Waals surface area contributed by atoms with Gasteiger partial charge in [-0.1, -0.05) is 37.7 Å². The van der Waals surface area contributed by atoms with Crippen LogP contribution in [0.3, 0.4) is 0 Å². The van der Waals surface area contributed by atoms with Crippen molar-refractivity contribution in [2.75, 3.05) is 19.5 Å². The van der Waals surface area contributed by atoms with Crippen molar-refractivity contribution < 1.29 is 19.1 Å². The number of carbonyl (C=O) groups excluding carboxylic acids is 2. The summed E-state index contributed by atoms with van der Waals surface area (Å²) in [6.45, 7) is 6.44. The van der Waals surface area contributed by atoms with Crippen LogP contribution >= 0.6 is 0 Å². The number of nitrogens with one attached hydrogen (secondary N) is 1. The van der Waals surface area contributed by atoms with Crippen LogP contribution in [0.4, 0.5) is 5.69 Å². The van der Waals surface area contributed by atoms with Gasteiger partial charge in [-0.25, -0.2) is 9.59 Å². The van der Waals surface area contributed by atoms with E-state index in [1.165, 1.54) is 14.2 Å². The molecule has 0 fully saturated rings. The van der Waals surface area contributed by atoms with Crippen molar-refractivity contribution in [3.05, 3.63) is 41.6 Å². The first kappa shape index (κ1) is 18.5. The lowest BCUT2D eigenvalue weighted by atomic mass is 10.2. The van der Waals surface area contributed by atoms with Crippen LogP contribution in [0.2, 0.25) is 19.6 Å². The van der Waals surface area contributed by atoms with E-state index in [0.29, 0.717) is 5.69 Å². The van der Waals surface area contributed by atoms with Crippen LogP contribution in [0.1, 0.15) is 5.56 Å². The summed E-state index contributed by atoms with van der Waals surface area (Å²) in [5.74, 6) is 1.82. The molecular formula is C17H21NO4Si. The van der Waals surface area contributed by atoms with Gasteiger partial charge in [0.2, 0.25) is 0 Å². The molecule has 1 aromatic carbocycles. The van der Waals surface area contributed by atoms with Gasteiger partial charge in [0, 0.05) is 5.56 Å². The molecule has 0 aliphatic rings. The van der Waals surface area contributed by atoms with E-state index < -0.39 is 20.0 Å². The van der Waals surface area contributed by atoms with E-state index in [1.54, 1.807) is 6.07 Å². The van der Waals surface area contributed by atoms with Crippen molar-refractivity contribution in [3.63, 3.8) is 0 Å². The number of para-hydroxylation sites is 1. The topological polar surface area (TPSA) is 64.6 Å². The minimum atomic E-state index is -1.53. The predicted octanol–water partition coefficient (Wildman–Crippen LogP) is 2.56. The highest BCUT2D eigenvalue weighted by Gasteiger charge is 2.14. The van der Waals surface area contributed by atoms with Crippen molar-refractivity contribution in [2.45, 2.75) is 19.6 Å². The molecule has 1 N–H and O–H groups in total. The second-order valence-corrected chi connectivity index (χ2v) is 10.5. The largest absolute Gasteiger partial charge is 0.466 e. The third kappa shape index (κ3) is 6.40. The Labute approximate surface area is 137 Å². The van der Waals surface area contributed by atoms with Crippen molar-refractivity contribution in [2.24, 2.45) is 0 Å². The van der Waals surface area contributed by atoms with E-state index in [-0.39, 0.29) is 5.70 Å². The Morgan fingerprint density at radius 1 is 1.13 bits per heavy atom. The van der Waals surface area contributed by atoms with Crippen LogP contribution in [0.15, 0.2) is 36.0 Å². The zero-order chi connectivity index (χ0) is 17.5. The summed E-state index contributed by atoms with van der Waals surface area (Å²) in [6.07, 6.45) is 1.05. The van der Waals surface area contributed by atoms with Crippen LogP contribution in [-0.4, -0.2) is 34.2 Å². The van der Waals surface area contributed by atoms with Crippen LogP contribution in [0.25, 0.3) is 0 Å². The number of esters is 2. The van der Waals surface area contributed by atoms with E-state index in [1.807, 2.05) is 18.2 Å². The average molecular weight is 331 g/mol. The molecule has 23 heavy (non-hydrogen) atoms. The van der Waals surface area contributed by atoms with Crippen LogP contribution < -0.4 is 5.32 Å². The second kappa shape index (κ2) is 8.20. The molecule has 0 saturated carbocycles. The molecule has 122 valence electrons. The third-order valence-corrected chi connectivity index (χ3v) is 3.51. The minimum absolute atomic E-state index is 0.0124. The first-order valence-electron chi connectivity index (χ1n) is 7.04. The Balaban J connectivity index is 3.19. The molecule has 0 saturated heterocycles. The molecule has 0 bridgehead atoms. The fourth-order valence-corrected chi connectivity index (χ4v) is 2.04. The van der Waals surface area contributed by atoms with E-state index in [9.17, 15) is 9.59 Å². The zero-order valence-electron chi connectivity index (χ0n) is 14.0. The molecule has 0 aliphatic heterocycles. The Bertz CT molecular complexity index is 678. The number of hydrogen-bond acceptors (Lipinski definition) is 5. The lowest BCUT2D eigenvalue weighted by Crippen LogP contribution is -2.17. The quantitative estimate of drug-likeness (QED) is 0.397. The van der Waals surface area contributed by atoms with Crippen molar-refractivity contribution in [1.82, 2.24) is 0 Å². The van der Waals surface area contributed by atoms with Gasteiger partial charge in [-0.2, -0.15) is 0 Å². The molecule has 0 amide bonds. The molecule has 0 spiro atoms. The Morgan fingerprint density at radius 3 is 2.35 bits per heavy atom. The summed E-state index contributed by atoms with van der Waals surface area (Å²) in [5, 5.41) is 2.90. The van der Waals surface area contributed by atoms with Gasteiger partial charge in [0.05, 0.1) is 26.0 Å². The number of rotatable bonds is 4. The lowest BCUT2D eigenvalue weighted by Gasteiger charge is -2.11. The fraction of sp³-hybridized carbons (Fsp3) is 0.294. The molecule has 0 radical (unpaired) electrons. The molecule has 0 heterocycles. The van der Waals surface area contributed by atoms with Gasteiger partial charge in [0.15, 0.2) is 0 Å². The highest BCUT2D eigenvalue weighted by Crippen LogP contribution is 2.17. The van der Waals surface area contributed by atoms with Gasteiger partial charge in [-0.15, -0.1) is 5.54 Å². The summed E-state index contributed by atoms with van der Waals surface area (Å²) in [4.78, 5) is 23.2. The van der Waals surface area contributed by atoms with E-state index in [0.717, 1.165) is 11.6 Å². The molecule has 0 unspecified atom stereocenters. The minimum Gasteiger partial charge on any atom is -0.466 e. The van der Waals surface area contributed by atoms with Gasteiger partial charge in [-0.3, -0.25) is 0 Å². The lowest BCUT2D eigenvalue weighted by molar-refractivity contribution is -0.138. The number of carbonyl (C=O) groups is 2. The fourth-order valence-electron chi connectivity index (χ4n) is 1.53. The second-order valence-electron chi connectivity index (χ2n) is 5.74. The third-order valence-electron chi connectivity index (χ3n) is 2.64. The summed E-state index contributed by atoms with van der Waals surface area (Å²) < 4.78 is 9.23. The van der Waals surface area contributed by atoms with Crippen molar-refractivity contribution in [3.8, 4) is 11.5 Å². The first-order valence-corrected chi connectivity index (χ1v) is 10.5. The van der Waals surface area contributed by atoms with Gasteiger partial charge in [0.25, 0.3) is 0 Å². The molecule has 1 aromatic rings. The highest BCUT2D eigenvalue weighted by molar-refractivity contribution is 6.83. The number of anilines is 1. The first-order chi connectivity index (χ1) is 10.8. The van der Waals surface area contributed by atoms with E-state index >= 15 is 0 Å². The van der Waals surface area contributed by atoms with Gasteiger partial charge >= 0.3 is 11.9 Å². The normalized spacial score (nSPS) is 11.1. The Kier molecular flexibility index (Phi) is 6.60. The smallest absolute Gasteiger partial charge is 0.354 e. The Hall–Kier alpha value is -2.52. The maximum absolute atomic E-state index is 11.8. The molecular weight excluding hydrogens is 310 g/mol. The SMILES string of the molecule is COC(=O)/C=C(\Nc1ccccc1C#C[Si](C)(C)C)C(=O)OC. The maximum Gasteiger partial charge on any atom is 0.354 e. The van der Waals surface area contributed by atoms with Crippen LogP contribution in [-0.2, 0) is 19.1 Å². The van der Waals surface area contributed by atoms with Gasteiger partial charge in [0.1, 0.15) is 13.8 Å².